The Balaban J connectivity index is 1.95. The highest BCUT2D eigenvalue weighted by atomic mass is 79.9. The summed E-state index contributed by atoms with van der Waals surface area (Å²) in [4.78, 5) is 0. The minimum Gasteiger partial charge on any atom is -0.504 e. The Morgan fingerprint density at radius 1 is 1.17 bits per heavy atom. The molecule has 0 saturated heterocycles. The van der Waals surface area contributed by atoms with E-state index in [1.807, 2.05) is 12.1 Å². The zero-order chi connectivity index (χ0) is 17.3. The zero-order valence-electron chi connectivity index (χ0n) is 13.6. The molecule has 0 aliphatic carbocycles. The molecule has 2 aromatic carbocycles. The lowest BCUT2D eigenvalue weighted by atomic mass is 9.89. The maximum Gasteiger partial charge on any atom is 0.174 e. The average molecular weight is 394 g/mol. The Morgan fingerprint density at radius 2 is 1.96 bits per heavy atom. The van der Waals surface area contributed by atoms with Crippen molar-refractivity contribution in [1.29, 1.82) is 0 Å². The average Bonchev–Trinajstić information content (AvgIpc) is 2.58. The summed E-state index contributed by atoms with van der Waals surface area (Å²) < 4.78 is 11.2. The van der Waals surface area contributed by atoms with Crippen LogP contribution in [0.15, 0.2) is 28.7 Å². The fourth-order valence-electron chi connectivity index (χ4n) is 3.16. The van der Waals surface area contributed by atoms with Gasteiger partial charge in [-0.1, -0.05) is 6.07 Å². The molecule has 0 spiro atoms. The predicted octanol–water partition coefficient (Wildman–Crippen LogP) is 3.31. The molecule has 3 N–H and O–H groups in total. The van der Waals surface area contributed by atoms with Crippen molar-refractivity contribution in [2.45, 2.75) is 18.9 Å². The van der Waals surface area contributed by atoms with E-state index in [1.54, 1.807) is 19.2 Å². The Hall–Kier alpha value is -1.92. The first-order chi connectivity index (χ1) is 11.5. The molecule has 1 unspecified atom stereocenters. The van der Waals surface area contributed by atoms with E-state index in [0.29, 0.717) is 17.9 Å². The summed E-state index contributed by atoms with van der Waals surface area (Å²) in [5, 5.41) is 23.5. The number of phenolic OH excluding ortho intramolecular Hbond substituents is 2. The van der Waals surface area contributed by atoms with E-state index in [1.165, 1.54) is 12.7 Å². The highest BCUT2D eigenvalue weighted by Gasteiger charge is 2.24. The second kappa shape index (κ2) is 6.91. The van der Waals surface area contributed by atoms with Crippen LogP contribution in [-0.2, 0) is 12.8 Å². The molecule has 0 radical (unpaired) electrons. The SMILES string of the molecule is COc1cc2c(cc1O)C(Cc1ccc(O)c(OC)c1Br)NCC2. The molecule has 0 saturated carbocycles. The van der Waals surface area contributed by atoms with Crippen LogP contribution >= 0.6 is 15.9 Å². The Labute approximate surface area is 149 Å². The van der Waals surface area contributed by atoms with Crippen molar-refractivity contribution < 1.29 is 19.7 Å². The van der Waals surface area contributed by atoms with Crippen LogP contribution in [0.3, 0.4) is 0 Å². The number of nitrogens with one attached hydrogen (secondary N) is 1. The first-order valence-electron chi connectivity index (χ1n) is 7.72. The van der Waals surface area contributed by atoms with Gasteiger partial charge in [-0.2, -0.15) is 0 Å². The third-order valence-corrected chi connectivity index (χ3v) is 5.26. The summed E-state index contributed by atoms with van der Waals surface area (Å²) in [7, 11) is 3.09. The van der Waals surface area contributed by atoms with Crippen LogP contribution in [0.25, 0.3) is 0 Å². The van der Waals surface area contributed by atoms with Gasteiger partial charge in [0, 0.05) is 6.04 Å². The van der Waals surface area contributed by atoms with Crippen molar-refractivity contribution in [1.82, 2.24) is 5.32 Å². The largest absolute Gasteiger partial charge is 0.504 e. The molecule has 1 aliphatic rings. The van der Waals surface area contributed by atoms with Gasteiger partial charge in [0.15, 0.2) is 23.0 Å². The molecular formula is C18H20BrNO4. The molecule has 128 valence electrons. The normalized spacial score (nSPS) is 16.5. The number of methoxy groups -OCH3 is 2. The van der Waals surface area contributed by atoms with E-state index < -0.39 is 0 Å². The summed E-state index contributed by atoms with van der Waals surface area (Å²) >= 11 is 3.51. The lowest BCUT2D eigenvalue weighted by Crippen LogP contribution is -2.31. The minimum atomic E-state index is 0.0658. The summed E-state index contributed by atoms with van der Waals surface area (Å²) in [6.45, 7) is 0.860. The number of halogens is 1. The minimum absolute atomic E-state index is 0.0658. The fraction of sp³-hybridized carbons (Fsp3) is 0.333. The van der Waals surface area contributed by atoms with Gasteiger partial charge in [-0.3, -0.25) is 0 Å². The number of hydrogen-bond acceptors (Lipinski definition) is 5. The van der Waals surface area contributed by atoms with E-state index in [4.69, 9.17) is 9.47 Å². The third kappa shape index (κ3) is 3.03. The quantitative estimate of drug-likeness (QED) is 0.743. The van der Waals surface area contributed by atoms with Crippen LogP contribution in [0.1, 0.15) is 22.7 Å². The van der Waals surface area contributed by atoms with Gasteiger partial charge in [-0.05, 0) is 70.2 Å². The first-order valence-corrected chi connectivity index (χ1v) is 8.52. The zero-order valence-corrected chi connectivity index (χ0v) is 15.2. The molecule has 1 aliphatic heterocycles. The van der Waals surface area contributed by atoms with Crippen LogP contribution < -0.4 is 14.8 Å². The van der Waals surface area contributed by atoms with Gasteiger partial charge in [0.25, 0.3) is 0 Å². The van der Waals surface area contributed by atoms with Crippen LogP contribution in [-0.4, -0.2) is 31.0 Å². The standard InChI is InChI=1S/C18H20BrNO4/c1-23-16-8-10-5-6-20-13(12(10)9-15(16)22)7-11-3-4-14(21)18(24-2)17(11)19/h3-4,8-9,13,20-22H,5-7H2,1-2H3. The van der Waals surface area contributed by atoms with Crippen LogP contribution in [0.5, 0.6) is 23.0 Å². The Bertz CT molecular complexity index is 763. The van der Waals surface area contributed by atoms with Gasteiger partial charge in [0.2, 0.25) is 0 Å². The molecule has 1 heterocycles. The van der Waals surface area contributed by atoms with Crippen LogP contribution in [0.4, 0.5) is 0 Å². The molecule has 6 heteroatoms. The van der Waals surface area contributed by atoms with E-state index in [2.05, 4.69) is 21.2 Å². The van der Waals surface area contributed by atoms with Crippen molar-refractivity contribution >= 4 is 15.9 Å². The summed E-state index contributed by atoms with van der Waals surface area (Å²) in [5.74, 6) is 1.18. The molecular weight excluding hydrogens is 374 g/mol. The third-order valence-electron chi connectivity index (χ3n) is 4.39. The number of aromatic hydroxyl groups is 2. The highest BCUT2D eigenvalue weighted by molar-refractivity contribution is 9.10. The van der Waals surface area contributed by atoms with Crippen LogP contribution in [0, 0.1) is 0 Å². The molecule has 1 atom stereocenters. The molecule has 0 bridgehead atoms. The van der Waals surface area contributed by atoms with Crippen molar-refractivity contribution in [2.24, 2.45) is 0 Å². The van der Waals surface area contributed by atoms with Crippen molar-refractivity contribution in [3.8, 4) is 23.0 Å². The number of hydrogen-bond donors (Lipinski definition) is 3. The maximum absolute atomic E-state index is 10.1. The van der Waals surface area contributed by atoms with Gasteiger partial charge >= 0.3 is 0 Å². The molecule has 24 heavy (non-hydrogen) atoms. The number of benzene rings is 2. The summed E-state index contributed by atoms with van der Waals surface area (Å²) in [6, 6.07) is 7.26. The molecule has 0 aromatic heterocycles. The monoisotopic (exact) mass is 393 g/mol. The van der Waals surface area contributed by atoms with Crippen molar-refractivity contribution in [3.63, 3.8) is 0 Å². The predicted molar refractivity (Wildman–Crippen MR) is 95.2 cm³/mol. The van der Waals surface area contributed by atoms with Gasteiger partial charge in [-0.25, -0.2) is 0 Å². The first kappa shape index (κ1) is 16.9. The number of ether oxygens (including phenoxy) is 2. The molecule has 5 nitrogen and oxygen atoms in total. The second-order valence-electron chi connectivity index (χ2n) is 5.77. The molecule has 3 rings (SSSR count). The maximum atomic E-state index is 10.1. The summed E-state index contributed by atoms with van der Waals surface area (Å²) in [5.41, 5.74) is 3.26. The molecule has 2 aromatic rings. The lowest BCUT2D eigenvalue weighted by molar-refractivity contribution is 0.368. The number of rotatable bonds is 4. The number of fused-ring (bicyclic) bond motifs is 1. The van der Waals surface area contributed by atoms with E-state index in [-0.39, 0.29) is 17.5 Å². The van der Waals surface area contributed by atoms with E-state index in [9.17, 15) is 10.2 Å². The van der Waals surface area contributed by atoms with Gasteiger partial charge in [0.05, 0.1) is 18.7 Å². The molecule has 0 amide bonds. The topological polar surface area (TPSA) is 71.0 Å². The smallest absolute Gasteiger partial charge is 0.174 e. The molecule has 0 fully saturated rings. The van der Waals surface area contributed by atoms with Crippen molar-refractivity contribution in [2.75, 3.05) is 20.8 Å². The van der Waals surface area contributed by atoms with Crippen LogP contribution in [0.2, 0.25) is 0 Å². The van der Waals surface area contributed by atoms with Crippen molar-refractivity contribution in [3.05, 3.63) is 45.4 Å². The van der Waals surface area contributed by atoms with Gasteiger partial charge in [0.1, 0.15) is 0 Å². The number of phenols is 2. The van der Waals surface area contributed by atoms with Gasteiger partial charge < -0.3 is 25.0 Å². The van der Waals surface area contributed by atoms with Gasteiger partial charge in [-0.15, -0.1) is 0 Å². The summed E-state index contributed by atoms with van der Waals surface area (Å²) in [6.07, 6.45) is 1.60. The fourth-order valence-corrected chi connectivity index (χ4v) is 3.82. The second-order valence-corrected chi connectivity index (χ2v) is 6.57. The van der Waals surface area contributed by atoms with E-state index in [0.717, 1.165) is 28.6 Å². The Kier molecular flexibility index (Phi) is 4.87. The van der Waals surface area contributed by atoms with E-state index >= 15 is 0 Å². The highest BCUT2D eigenvalue weighted by Crippen LogP contribution is 2.40. The Morgan fingerprint density at radius 3 is 2.67 bits per heavy atom. The lowest BCUT2D eigenvalue weighted by Gasteiger charge is -2.28.